The van der Waals surface area contributed by atoms with E-state index in [1.54, 1.807) is 0 Å². The van der Waals surface area contributed by atoms with Gasteiger partial charge in [0.25, 0.3) is 0 Å². The van der Waals surface area contributed by atoms with Gasteiger partial charge in [-0.2, -0.15) is 0 Å². The number of rotatable bonds is 2. The molecule has 1 saturated heterocycles. The highest BCUT2D eigenvalue weighted by atomic mass is 15.2. The van der Waals surface area contributed by atoms with Crippen LogP contribution in [0.4, 0.5) is 0 Å². The van der Waals surface area contributed by atoms with E-state index in [4.69, 9.17) is 0 Å². The quantitative estimate of drug-likeness (QED) is 0.672. The fourth-order valence-corrected chi connectivity index (χ4v) is 2.81. The second-order valence-electron chi connectivity index (χ2n) is 4.59. The summed E-state index contributed by atoms with van der Waals surface area (Å²) in [4.78, 5) is 2.68. The van der Waals surface area contributed by atoms with Gasteiger partial charge in [0, 0.05) is 38.3 Å². The van der Waals surface area contributed by atoms with E-state index in [-0.39, 0.29) is 0 Å². The molecule has 2 aliphatic rings. The van der Waals surface area contributed by atoms with Gasteiger partial charge in [-0.3, -0.25) is 4.90 Å². The van der Waals surface area contributed by atoms with Crippen LogP contribution >= 0.6 is 0 Å². The van der Waals surface area contributed by atoms with Crippen molar-refractivity contribution in [3.05, 3.63) is 0 Å². The molecule has 0 aromatic heterocycles. The van der Waals surface area contributed by atoms with Crippen molar-refractivity contribution in [2.45, 2.75) is 37.8 Å². The molecule has 2 N–H and O–H groups in total. The summed E-state index contributed by atoms with van der Waals surface area (Å²) in [6.45, 7) is 4.86. The summed E-state index contributed by atoms with van der Waals surface area (Å²) in [7, 11) is 2.10. The third kappa shape index (κ3) is 2.47. The Morgan fingerprint density at radius 1 is 1.21 bits per heavy atom. The van der Waals surface area contributed by atoms with Crippen LogP contribution in [0, 0.1) is 0 Å². The van der Waals surface area contributed by atoms with Gasteiger partial charge in [-0.15, -0.1) is 0 Å². The maximum absolute atomic E-state index is 3.43. The summed E-state index contributed by atoms with van der Waals surface area (Å²) < 4.78 is 0. The lowest BCUT2D eigenvalue weighted by molar-refractivity contribution is 0.126. The minimum atomic E-state index is 0.767. The number of nitrogens with one attached hydrogen (secondary N) is 2. The van der Waals surface area contributed by atoms with Crippen molar-refractivity contribution in [2.75, 3.05) is 33.2 Å². The minimum Gasteiger partial charge on any atom is -0.317 e. The van der Waals surface area contributed by atoms with Gasteiger partial charge in [0.2, 0.25) is 0 Å². The molecule has 2 rings (SSSR count). The van der Waals surface area contributed by atoms with E-state index in [2.05, 4.69) is 22.6 Å². The number of nitrogens with zero attached hydrogens (tertiary/aromatic N) is 1. The first-order valence-corrected chi connectivity index (χ1v) is 6.02. The first-order chi connectivity index (χ1) is 6.90. The summed E-state index contributed by atoms with van der Waals surface area (Å²) in [5.41, 5.74) is 0. The van der Waals surface area contributed by atoms with Crippen LogP contribution in [0.25, 0.3) is 0 Å². The van der Waals surface area contributed by atoms with Crippen LogP contribution < -0.4 is 10.6 Å². The molecular formula is C11H23N3. The molecule has 2 fully saturated rings. The number of piperazine rings is 1. The maximum atomic E-state index is 3.43. The minimum absolute atomic E-state index is 0.767. The largest absolute Gasteiger partial charge is 0.317 e. The average Bonchev–Trinajstić information content (AvgIpc) is 2.30. The van der Waals surface area contributed by atoms with Gasteiger partial charge in [-0.1, -0.05) is 6.42 Å². The molecule has 0 radical (unpaired) electrons. The van der Waals surface area contributed by atoms with Crippen LogP contribution in [-0.4, -0.2) is 50.2 Å². The van der Waals surface area contributed by atoms with Gasteiger partial charge >= 0.3 is 0 Å². The van der Waals surface area contributed by atoms with E-state index in [0.29, 0.717) is 0 Å². The SMILES string of the molecule is CN[C@@H]1CCC[C@@H](N2CCNCC2)C1. The van der Waals surface area contributed by atoms with E-state index >= 15 is 0 Å². The molecule has 0 unspecified atom stereocenters. The molecule has 82 valence electrons. The lowest BCUT2D eigenvalue weighted by atomic mass is 9.90. The Morgan fingerprint density at radius 2 is 2.00 bits per heavy atom. The van der Waals surface area contributed by atoms with Crippen molar-refractivity contribution in [1.82, 2.24) is 15.5 Å². The third-order valence-corrected chi connectivity index (χ3v) is 3.72. The lowest BCUT2D eigenvalue weighted by Crippen LogP contribution is -2.51. The van der Waals surface area contributed by atoms with Crippen molar-refractivity contribution >= 4 is 0 Å². The van der Waals surface area contributed by atoms with Crippen molar-refractivity contribution in [3.63, 3.8) is 0 Å². The van der Waals surface area contributed by atoms with Crippen LogP contribution in [0.15, 0.2) is 0 Å². The van der Waals surface area contributed by atoms with Crippen molar-refractivity contribution in [2.24, 2.45) is 0 Å². The van der Waals surface area contributed by atoms with Crippen molar-refractivity contribution in [1.29, 1.82) is 0 Å². The van der Waals surface area contributed by atoms with Gasteiger partial charge in [0.1, 0.15) is 0 Å². The fourth-order valence-electron chi connectivity index (χ4n) is 2.81. The van der Waals surface area contributed by atoms with Crippen molar-refractivity contribution in [3.8, 4) is 0 Å². The third-order valence-electron chi connectivity index (χ3n) is 3.72. The molecule has 1 aliphatic carbocycles. The molecule has 1 saturated carbocycles. The summed E-state index contributed by atoms with van der Waals surface area (Å²) in [5.74, 6) is 0. The standard InChI is InChI=1S/C11H23N3/c1-12-10-3-2-4-11(9-10)14-7-5-13-6-8-14/h10-13H,2-9H2,1H3/t10-,11-/m1/s1. The van der Waals surface area contributed by atoms with Crippen molar-refractivity contribution < 1.29 is 0 Å². The summed E-state index contributed by atoms with van der Waals surface area (Å²) in [5, 5.41) is 6.85. The molecule has 2 atom stereocenters. The molecule has 0 amide bonds. The molecule has 3 heteroatoms. The zero-order chi connectivity index (χ0) is 9.80. The van der Waals surface area contributed by atoms with Gasteiger partial charge < -0.3 is 10.6 Å². The molecule has 14 heavy (non-hydrogen) atoms. The summed E-state index contributed by atoms with van der Waals surface area (Å²) in [6.07, 6.45) is 5.55. The van der Waals surface area contributed by atoms with Crippen LogP contribution in [0.1, 0.15) is 25.7 Å². The van der Waals surface area contributed by atoms with Crippen LogP contribution in [-0.2, 0) is 0 Å². The second kappa shape index (κ2) is 5.10. The smallest absolute Gasteiger partial charge is 0.0111 e. The first kappa shape index (κ1) is 10.4. The first-order valence-electron chi connectivity index (χ1n) is 6.02. The second-order valence-corrected chi connectivity index (χ2v) is 4.59. The molecule has 0 spiro atoms. The molecule has 0 bridgehead atoms. The predicted molar refractivity (Wildman–Crippen MR) is 59.5 cm³/mol. The Balaban J connectivity index is 1.83. The van der Waals surface area contributed by atoms with E-state index in [9.17, 15) is 0 Å². The number of hydrogen-bond donors (Lipinski definition) is 2. The highest BCUT2D eigenvalue weighted by Gasteiger charge is 2.26. The van der Waals surface area contributed by atoms with E-state index in [0.717, 1.165) is 12.1 Å². The average molecular weight is 197 g/mol. The Morgan fingerprint density at radius 3 is 2.71 bits per heavy atom. The van der Waals surface area contributed by atoms with Crippen LogP contribution in [0.5, 0.6) is 0 Å². The van der Waals surface area contributed by atoms with E-state index in [1.165, 1.54) is 51.9 Å². The topological polar surface area (TPSA) is 27.3 Å². The molecule has 1 aliphatic heterocycles. The summed E-state index contributed by atoms with van der Waals surface area (Å²) >= 11 is 0. The maximum Gasteiger partial charge on any atom is 0.0111 e. The zero-order valence-electron chi connectivity index (χ0n) is 9.26. The van der Waals surface area contributed by atoms with Crippen LogP contribution in [0.2, 0.25) is 0 Å². The Bertz CT molecular complexity index is 166. The normalized spacial score (nSPS) is 35.8. The van der Waals surface area contributed by atoms with Crippen LogP contribution in [0.3, 0.4) is 0 Å². The van der Waals surface area contributed by atoms with E-state index < -0.39 is 0 Å². The zero-order valence-corrected chi connectivity index (χ0v) is 9.26. The fraction of sp³-hybridized carbons (Fsp3) is 1.00. The summed E-state index contributed by atoms with van der Waals surface area (Å²) in [6, 6.07) is 1.62. The molecule has 1 heterocycles. The Hall–Kier alpha value is -0.120. The van der Waals surface area contributed by atoms with Gasteiger partial charge in [0.05, 0.1) is 0 Å². The highest BCUT2D eigenvalue weighted by Crippen LogP contribution is 2.23. The highest BCUT2D eigenvalue weighted by molar-refractivity contribution is 4.85. The Kier molecular flexibility index (Phi) is 3.79. The molecule has 0 aromatic rings. The molecule has 0 aromatic carbocycles. The molecule has 3 nitrogen and oxygen atoms in total. The predicted octanol–water partition coefficient (Wildman–Crippen LogP) is 0.422. The lowest BCUT2D eigenvalue weighted by Gasteiger charge is -2.39. The number of hydrogen-bond acceptors (Lipinski definition) is 3. The Labute approximate surface area is 87.2 Å². The van der Waals surface area contributed by atoms with Gasteiger partial charge in [-0.05, 0) is 26.3 Å². The monoisotopic (exact) mass is 197 g/mol. The van der Waals surface area contributed by atoms with Gasteiger partial charge in [-0.25, -0.2) is 0 Å². The molecular weight excluding hydrogens is 174 g/mol. The van der Waals surface area contributed by atoms with E-state index in [1.807, 2.05) is 0 Å². The van der Waals surface area contributed by atoms with Gasteiger partial charge in [0.15, 0.2) is 0 Å².